The summed E-state index contributed by atoms with van der Waals surface area (Å²) >= 11 is 1.46. The molecular formula is C14H20N2O3S. The molecule has 1 atom stereocenters. The number of rotatable bonds is 6. The summed E-state index contributed by atoms with van der Waals surface area (Å²) in [6, 6.07) is 1.75. The summed E-state index contributed by atoms with van der Waals surface area (Å²) in [6.45, 7) is 4.88. The van der Waals surface area contributed by atoms with Gasteiger partial charge >= 0.3 is 0 Å². The molecule has 1 N–H and O–H groups in total. The van der Waals surface area contributed by atoms with Gasteiger partial charge in [0.1, 0.15) is 0 Å². The van der Waals surface area contributed by atoms with E-state index in [0.29, 0.717) is 24.6 Å². The molecule has 2 amide bonds. The van der Waals surface area contributed by atoms with Crippen LogP contribution in [0.3, 0.4) is 0 Å². The number of nitrogens with one attached hydrogen (secondary N) is 1. The minimum absolute atomic E-state index is 0.0389. The molecule has 110 valence electrons. The Morgan fingerprint density at radius 3 is 3.00 bits per heavy atom. The first-order valence-electron chi connectivity index (χ1n) is 6.86. The minimum atomic E-state index is -0.195. The average Bonchev–Trinajstić information content (AvgIpc) is 3.14. The largest absolute Gasteiger partial charge is 0.381 e. The number of carbonyl (C=O) groups is 2. The van der Waals surface area contributed by atoms with E-state index in [1.54, 1.807) is 16.3 Å². The molecule has 0 spiro atoms. The lowest BCUT2D eigenvalue weighted by Crippen LogP contribution is -2.42. The van der Waals surface area contributed by atoms with E-state index in [1.165, 1.54) is 11.3 Å². The van der Waals surface area contributed by atoms with E-state index in [0.717, 1.165) is 19.6 Å². The molecule has 20 heavy (non-hydrogen) atoms. The monoisotopic (exact) mass is 296 g/mol. The molecule has 1 aromatic rings. The van der Waals surface area contributed by atoms with Crippen molar-refractivity contribution in [3.63, 3.8) is 0 Å². The van der Waals surface area contributed by atoms with E-state index < -0.39 is 0 Å². The number of ether oxygens (including phenoxy) is 1. The molecule has 6 heteroatoms. The molecule has 0 aliphatic carbocycles. The molecule has 0 saturated carbocycles. The first-order chi connectivity index (χ1) is 9.70. The number of hydrogen-bond acceptors (Lipinski definition) is 4. The first-order valence-corrected chi connectivity index (χ1v) is 7.81. The Kier molecular flexibility index (Phi) is 5.55. The highest BCUT2D eigenvalue weighted by Gasteiger charge is 2.21. The van der Waals surface area contributed by atoms with Crippen molar-refractivity contribution in [3.8, 4) is 0 Å². The van der Waals surface area contributed by atoms with Gasteiger partial charge in [-0.25, -0.2) is 0 Å². The van der Waals surface area contributed by atoms with Crippen LogP contribution >= 0.6 is 11.3 Å². The van der Waals surface area contributed by atoms with Crippen molar-refractivity contribution in [2.75, 3.05) is 32.8 Å². The smallest absolute Gasteiger partial charge is 0.252 e. The highest BCUT2D eigenvalue weighted by Crippen LogP contribution is 2.13. The van der Waals surface area contributed by atoms with Crippen molar-refractivity contribution in [1.82, 2.24) is 10.2 Å². The van der Waals surface area contributed by atoms with Crippen LogP contribution in [-0.4, -0.2) is 49.6 Å². The molecular weight excluding hydrogens is 276 g/mol. The maximum Gasteiger partial charge on any atom is 0.252 e. The zero-order valence-corrected chi connectivity index (χ0v) is 12.4. The van der Waals surface area contributed by atoms with Crippen LogP contribution in [0.1, 0.15) is 23.7 Å². The Labute approximate surface area is 122 Å². The van der Waals surface area contributed by atoms with Gasteiger partial charge in [0.25, 0.3) is 5.91 Å². The van der Waals surface area contributed by atoms with Crippen molar-refractivity contribution < 1.29 is 14.3 Å². The second-order valence-electron chi connectivity index (χ2n) is 4.86. The van der Waals surface area contributed by atoms with Crippen LogP contribution in [0.2, 0.25) is 0 Å². The SMILES string of the molecule is CCN(CC1CCOC1)C(=O)CNC(=O)c1ccsc1. The van der Waals surface area contributed by atoms with Crippen LogP contribution in [0.4, 0.5) is 0 Å². The van der Waals surface area contributed by atoms with Crippen LogP contribution in [-0.2, 0) is 9.53 Å². The summed E-state index contributed by atoms with van der Waals surface area (Å²) in [4.78, 5) is 25.7. The van der Waals surface area contributed by atoms with Gasteiger partial charge in [-0.1, -0.05) is 0 Å². The molecule has 5 nitrogen and oxygen atoms in total. The molecule has 1 aromatic heterocycles. The number of thiophene rings is 1. The maximum atomic E-state index is 12.1. The lowest BCUT2D eigenvalue weighted by molar-refractivity contribution is -0.130. The molecule has 1 unspecified atom stereocenters. The van der Waals surface area contributed by atoms with Gasteiger partial charge in [0, 0.05) is 36.6 Å². The Bertz CT molecular complexity index is 441. The Morgan fingerprint density at radius 1 is 1.55 bits per heavy atom. The normalized spacial score (nSPS) is 17.9. The fraction of sp³-hybridized carbons (Fsp3) is 0.571. The minimum Gasteiger partial charge on any atom is -0.381 e. The summed E-state index contributed by atoms with van der Waals surface area (Å²) in [5, 5.41) is 6.28. The molecule has 2 heterocycles. The number of hydrogen-bond donors (Lipinski definition) is 1. The Morgan fingerprint density at radius 2 is 2.40 bits per heavy atom. The van der Waals surface area contributed by atoms with Gasteiger partial charge in [-0.3, -0.25) is 9.59 Å². The number of amides is 2. The summed E-state index contributed by atoms with van der Waals surface area (Å²) in [5.74, 6) is 0.189. The summed E-state index contributed by atoms with van der Waals surface area (Å²) in [6.07, 6.45) is 1.01. The van der Waals surface area contributed by atoms with Gasteiger partial charge in [0.05, 0.1) is 13.2 Å². The topological polar surface area (TPSA) is 58.6 Å². The Balaban J connectivity index is 1.78. The average molecular weight is 296 g/mol. The van der Waals surface area contributed by atoms with E-state index in [2.05, 4.69) is 5.32 Å². The maximum absolute atomic E-state index is 12.1. The van der Waals surface area contributed by atoms with Crippen molar-refractivity contribution in [3.05, 3.63) is 22.4 Å². The van der Waals surface area contributed by atoms with Crippen molar-refractivity contribution in [2.45, 2.75) is 13.3 Å². The second kappa shape index (κ2) is 7.40. The molecule has 2 rings (SSSR count). The van der Waals surface area contributed by atoms with Crippen LogP contribution in [0, 0.1) is 5.92 Å². The van der Waals surface area contributed by atoms with E-state index >= 15 is 0 Å². The van der Waals surface area contributed by atoms with Crippen molar-refractivity contribution in [1.29, 1.82) is 0 Å². The highest BCUT2D eigenvalue weighted by molar-refractivity contribution is 7.08. The predicted molar refractivity (Wildman–Crippen MR) is 77.8 cm³/mol. The fourth-order valence-electron chi connectivity index (χ4n) is 2.21. The predicted octanol–water partition coefficient (Wildman–Crippen LogP) is 1.36. The third-order valence-electron chi connectivity index (χ3n) is 3.42. The first kappa shape index (κ1) is 15.0. The van der Waals surface area contributed by atoms with Crippen LogP contribution < -0.4 is 5.32 Å². The summed E-state index contributed by atoms with van der Waals surface area (Å²) < 4.78 is 5.32. The summed E-state index contributed by atoms with van der Waals surface area (Å²) in [7, 11) is 0. The van der Waals surface area contributed by atoms with Gasteiger partial charge in [-0.15, -0.1) is 0 Å². The molecule has 0 bridgehead atoms. The van der Waals surface area contributed by atoms with Gasteiger partial charge in [-0.05, 0) is 24.8 Å². The van der Waals surface area contributed by atoms with Crippen molar-refractivity contribution in [2.24, 2.45) is 5.92 Å². The van der Waals surface area contributed by atoms with Crippen molar-refractivity contribution >= 4 is 23.2 Å². The number of carbonyl (C=O) groups excluding carboxylic acids is 2. The second-order valence-corrected chi connectivity index (χ2v) is 5.64. The van der Waals surface area contributed by atoms with Gasteiger partial charge in [0.2, 0.25) is 5.91 Å². The third kappa shape index (κ3) is 4.05. The summed E-state index contributed by atoms with van der Waals surface area (Å²) in [5.41, 5.74) is 0.607. The highest BCUT2D eigenvalue weighted by atomic mass is 32.1. The van der Waals surface area contributed by atoms with Gasteiger partial charge in [0.15, 0.2) is 0 Å². The zero-order valence-electron chi connectivity index (χ0n) is 11.6. The van der Waals surface area contributed by atoms with E-state index in [4.69, 9.17) is 4.74 Å². The molecule has 1 saturated heterocycles. The van der Waals surface area contributed by atoms with Crippen LogP contribution in [0.15, 0.2) is 16.8 Å². The molecule has 1 fully saturated rings. The molecule has 0 radical (unpaired) electrons. The Hall–Kier alpha value is -1.40. The molecule has 0 aromatic carbocycles. The van der Waals surface area contributed by atoms with E-state index in [-0.39, 0.29) is 18.4 Å². The number of nitrogens with zero attached hydrogens (tertiary/aromatic N) is 1. The van der Waals surface area contributed by atoms with Crippen LogP contribution in [0.25, 0.3) is 0 Å². The molecule has 1 aliphatic rings. The third-order valence-corrected chi connectivity index (χ3v) is 4.10. The standard InChI is InChI=1S/C14H20N2O3S/c1-2-16(8-11-3-5-19-9-11)13(17)7-15-14(18)12-4-6-20-10-12/h4,6,10-11H,2-3,5,7-9H2,1H3,(H,15,18). The van der Waals surface area contributed by atoms with E-state index in [9.17, 15) is 9.59 Å². The van der Waals surface area contributed by atoms with Gasteiger partial charge < -0.3 is 15.0 Å². The number of likely N-dealkylation sites (N-methyl/N-ethyl adjacent to an activating group) is 1. The zero-order chi connectivity index (χ0) is 14.4. The molecule has 1 aliphatic heterocycles. The van der Waals surface area contributed by atoms with Crippen LogP contribution in [0.5, 0.6) is 0 Å². The fourth-order valence-corrected chi connectivity index (χ4v) is 2.85. The lowest BCUT2D eigenvalue weighted by atomic mass is 10.1. The quantitative estimate of drug-likeness (QED) is 0.862. The van der Waals surface area contributed by atoms with Gasteiger partial charge in [-0.2, -0.15) is 11.3 Å². The lowest BCUT2D eigenvalue weighted by Gasteiger charge is -2.23. The van der Waals surface area contributed by atoms with E-state index in [1.807, 2.05) is 12.3 Å².